The molecule has 0 aromatic heterocycles. The summed E-state index contributed by atoms with van der Waals surface area (Å²) in [5, 5.41) is 5.80. The molecule has 2 aromatic carbocycles. The van der Waals surface area contributed by atoms with Crippen LogP contribution in [0.2, 0.25) is 0 Å². The van der Waals surface area contributed by atoms with Gasteiger partial charge in [0, 0.05) is 12.6 Å². The molecule has 6 heteroatoms. The first kappa shape index (κ1) is 24.3. The highest BCUT2D eigenvalue weighted by atomic mass is 16.5. The van der Waals surface area contributed by atoms with Gasteiger partial charge in [0.25, 0.3) is 0 Å². The van der Waals surface area contributed by atoms with Gasteiger partial charge < -0.3 is 20.3 Å². The van der Waals surface area contributed by atoms with Gasteiger partial charge in [0.2, 0.25) is 5.91 Å². The molecule has 2 N–H and O–H groups in total. The lowest BCUT2D eigenvalue weighted by Crippen LogP contribution is -2.42. The number of ether oxygens (including phenoxy) is 1. The molecule has 1 heterocycles. The van der Waals surface area contributed by atoms with Crippen LogP contribution < -0.4 is 10.6 Å². The van der Waals surface area contributed by atoms with Crippen molar-refractivity contribution in [1.82, 2.24) is 15.5 Å². The Morgan fingerprint density at radius 3 is 2.24 bits per heavy atom. The Hall–Kier alpha value is -2.86. The highest BCUT2D eigenvalue weighted by molar-refractivity contribution is 5.86. The van der Waals surface area contributed by atoms with E-state index in [1.165, 1.54) is 51.6 Å². The van der Waals surface area contributed by atoms with Crippen molar-refractivity contribution >= 4 is 12.0 Å². The molecule has 0 bridgehead atoms. The molecule has 2 fully saturated rings. The molecule has 1 saturated carbocycles. The predicted molar refractivity (Wildman–Crippen MR) is 133 cm³/mol. The Morgan fingerprint density at radius 1 is 0.912 bits per heavy atom. The Bertz CT molecular complexity index is 892. The maximum Gasteiger partial charge on any atom is 0.408 e. The summed E-state index contributed by atoms with van der Waals surface area (Å²) in [6, 6.07) is 18.8. The average molecular weight is 464 g/mol. The SMILES string of the molecule is O=C(N[C@@H](C(=O)NCCC1CCN(C2CCCC2)CC1)c1ccccc1)OCc1ccccc1. The number of alkyl carbamates (subject to hydrolysis) is 1. The van der Waals surface area contributed by atoms with Crippen molar-refractivity contribution < 1.29 is 14.3 Å². The first-order valence-electron chi connectivity index (χ1n) is 12.7. The number of piperidine rings is 1. The van der Waals surface area contributed by atoms with Crippen LogP contribution in [0.5, 0.6) is 0 Å². The molecule has 0 radical (unpaired) electrons. The van der Waals surface area contributed by atoms with E-state index in [2.05, 4.69) is 15.5 Å². The average Bonchev–Trinajstić information content (AvgIpc) is 3.43. The molecule has 182 valence electrons. The number of nitrogens with zero attached hydrogens (tertiary/aromatic N) is 1. The standard InChI is InChI=1S/C28H37N3O3/c32-27(29-18-15-22-16-19-31(20-17-22)25-13-7-8-14-25)26(24-11-5-2-6-12-24)30-28(33)34-21-23-9-3-1-4-10-23/h1-6,9-12,22,25-26H,7-8,13-21H2,(H,29,32)(H,30,33)/t26-/m1/s1. The van der Waals surface area contributed by atoms with Gasteiger partial charge in [-0.2, -0.15) is 0 Å². The molecule has 2 amide bonds. The van der Waals surface area contributed by atoms with Crippen molar-refractivity contribution in [1.29, 1.82) is 0 Å². The number of nitrogens with one attached hydrogen (secondary N) is 2. The number of carbonyl (C=O) groups excluding carboxylic acids is 2. The molecule has 2 aliphatic rings. The lowest BCUT2D eigenvalue weighted by Gasteiger charge is -2.36. The van der Waals surface area contributed by atoms with E-state index in [4.69, 9.17) is 4.74 Å². The maximum atomic E-state index is 13.0. The van der Waals surface area contributed by atoms with Crippen molar-refractivity contribution in [2.24, 2.45) is 5.92 Å². The Morgan fingerprint density at radius 2 is 1.56 bits per heavy atom. The van der Waals surface area contributed by atoms with Gasteiger partial charge in [0.05, 0.1) is 0 Å². The first-order valence-corrected chi connectivity index (χ1v) is 12.7. The molecule has 0 unspecified atom stereocenters. The maximum absolute atomic E-state index is 13.0. The quantitative estimate of drug-likeness (QED) is 0.560. The van der Waals surface area contributed by atoms with Crippen LogP contribution in [0.4, 0.5) is 4.79 Å². The number of carbonyl (C=O) groups is 2. The topological polar surface area (TPSA) is 70.7 Å². The van der Waals surface area contributed by atoms with E-state index in [0.717, 1.165) is 23.6 Å². The summed E-state index contributed by atoms with van der Waals surface area (Å²) in [6.07, 6.45) is 8.28. The summed E-state index contributed by atoms with van der Waals surface area (Å²) in [4.78, 5) is 28.2. The summed E-state index contributed by atoms with van der Waals surface area (Å²) >= 11 is 0. The van der Waals surface area contributed by atoms with Crippen molar-refractivity contribution in [3.63, 3.8) is 0 Å². The van der Waals surface area contributed by atoms with Crippen LogP contribution in [0, 0.1) is 5.92 Å². The van der Waals surface area contributed by atoms with Crippen molar-refractivity contribution in [2.45, 2.75) is 63.6 Å². The zero-order valence-electron chi connectivity index (χ0n) is 20.0. The smallest absolute Gasteiger partial charge is 0.408 e. The normalized spacial score (nSPS) is 18.4. The minimum atomic E-state index is -0.784. The molecule has 6 nitrogen and oxygen atoms in total. The molecule has 4 rings (SSSR count). The van der Waals surface area contributed by atoms with E-state index in [9.17, 15) is 9.59 Å². The summed E-state index contributed by atoms with van der Waals surface area (Å²) < 4.78 is 5.35. The van der Waals surface area contributed by atoms with Crippen LogP contribution in [0.25, 0.3) is 0 Å². The van der Waals surface area contributed by atoms with Gasteiger partial charge in [-0.3, -0.25) is 4.79 Å². The zero-order chi connectivity index (χ0) is 23.6. The highest BCUT2D eigenvalue weighted by Crippen LogP contribution is 2.28. The number of amides is 2. The third-order valence-corrected chi connectivity index (χ3v) is 7.21. The molecule has 1 atom stereocenters. The second-order valence-corrected chi connectivity index (χ2v) is 9.55. The van der Waals surface area contributed by atoms with Crippen LogP contribution >= 0.6 is 0 Å². The molecule has 1 saturated heterocycles. The molecule has 2 aromatic rings. The van der Waals surface area contributed by atoms with E-state index in [1.54, 1.807) is 0 Å². The van der Waals surface area contributed by atoms with Crippen LogP contribution in [0.1, 0.15) is 62.1 Å². The van der Waals surface area contributed by atoms with E-state index < -0.39 is 12.1 Å². The molecule has 0 spiro atoms. The summed E-state index contributed by atoms with van der Waals surface area (Å²) in [7, 11) is 0. The first-order chi connectivity index (χ1) is 16.7. The van der Waals surface area contributed by atoms with Crippen molar-refractivity contribution in [3.05, 3.63) is 71.8 Å². The lowest BCUT2D eigenvalue weighted by atomic mass is 9.92. The van der Waals surface area contributed by atoms with Gasteiger partial charge >= 0.3 is 6.09 Å². The highest BCUT2D eigenvalue weighted by Gasteiger charge is 2.27. The molecular formula is C28H37N3O3. The van der Waals surface area contributed by atoms with E-state index in [-0.39, 0.29) is 12.5 Å². The van der Waals surface area contributed by atoms with Crippen molar-refractivity contribution in [3.8, 4) is 0 Å². The van der Waals surface area contributed by atoms with Gasteiger partial charge in [0.15, 0.2) is 0 Å². The third-order valence-electron chi connectivity index (χ3n) is 7.21. The van der Waals surface area contributed by atoms with Crippen LogP contribution in [0.3, 0.4) is 0 Å². The number of benzene rings is 2. The van der Waals surface area contributed by atoms with Gasteiger partial charge in [-0.05, 0) is 62.2 Å². The largest absolute Gasteiger partial charge is 0.445 e. The number of hydrogen-bond acceptors (Lipinski definition) is 4. The Balaban J connectivity index is 1.24. The fourth-order valence-corrected chi connectivity index (χ4v) is 5.21. The van der Waals surface area contributed by atoms with E-state index in [1.807, 2.05) is 60.7 Å². The monoisotopic (exact) mass is 463 g/mol. The number of rotatable bonds is 9. The van der Waals surface area contributed by atoms with Gasteiger partial charge in [-0.15, -0.1) is 0 Å². The molecule has 34 heavy (non-hydrogen) atoms. The fraction of sp³-hybridized carbons (Fsp3) is 0.500. The lowest BCUT2D eigenvalue weighted by molar-refractivity contribution is -0.123. The Labute approximate surface area is 203 Å². The number of likely N-dealkylation sites (tertiary alicyclic amines) is 1. The number of hydrogen-bond donors (Lipinski definition) is 2. The molecular weight excluding hydrogens is 426 g/mol. The van der Waals surface area contributed by atoms with Crippen LogP contribution in [-0.2, 0) is 16.1 Å². The van der Waals surface area contributed by atoms with E-state index in [0.29, 0.717) is 12.5 Å². The van der Waals surface area contributed by atoms with Gasteiger partial charge in [-0.25, -0.2) is 4.79 Å². The van der Waals surface area contributed by atoms with Gasteiger partial charge in [-0.1, -0.05) is 73.5 Å². The van der Waals surface area contributed by atoms with E-state index >= 15 is 0 Å². The summed E-state index contributed by atoms with van der Waals surface area (Å²) in [6.45, 7) is 3.15. The molecule has 1 aliphatic carbocycles. The minimum Gasteiger partial charge on any atom is -0.445 e. The fourth-order valence-electron chi connectivity index (χ4n) is 5.21. The summed E-state index contributed by atoms with van der Waals surface area (Å²) in [5.41, 5.74) is 1.64. The second-order valence-electron chi connectivity index (χ2n) is 9.55. The second kappa shape index (κ2) is 12.6. The minimum absolute atomic E-state index is 0.162. The van der Waals surface area contributed by atoms with Crippen molar-refractivity contribution in [2.75, 3.05) is 19.6 Å². The predicted octanol–water partition coefficient (Wildman–Crippen LogP) is 4.82. The zero-order valence-corrected chi connectivity index (χ0v) is 20.0. The van der Waals surface area contributed by atoms with Crippen LogP contribution in [0.15, 0.2) is 60.7 Å². The summed E-state index contributed by atoms with van der Waals surface area (Å²) in [5.74, 6) is 0.447. The van der Waals surface area contributed by atoms with Gasteiger partial charge in [0.1, 0.15) is 12.6 Å². The Kier molecular flexibility index (Phi) is 8.97. The molecule has 1 aliphatic heterocycles. The van der Waals surface area contributed by atoms with Crippen LogP contribution in [-0.4, -0.2) is 42.6 Å². The third kappa shape index (κ3) is 7.07.